The molecule has 11 heavy (non-hydrogen) atoms. The van der Waals surface area contributed by atoms with Gasteiger partial charge in [0, 0.05) is 9.13 Å². The van der Waals surface area contributed by atoms with Gasteiger partial charge in [-0.15, -0.1) is 0 Å². The van der Waals surface area contributed by atoms with Crippen molar-refractivity contribution in [2.24, 2.45) is 0 Å². The lowest BCUT2D eigenvalue weighted by Gasteiger charge is -2.01. The smallest absolute Gasteiger partial charge is 0.151 e. The Kier molecular flexibility index (Phi) is 3.02. The summed E-state index contributed by atoms with van der Waals surface area (Å²) in [5, 5.41) is 8.81. The number of carbonyl (C=O) groups excluding carboxylic acids is 1. The Morgan fingerprint density at radius 2 is 2.27 bits per heavy atom. The summed E-state index contributed by atoms with van der Waals surface area (Å²) in [6.45, 7) is -0.0785. The van der Waals surface area contributed by atoms with Gasteiger partial charge in [0.15, 0.2) is 6.29 Å². The summed E-state index contributed by atoms with van der Waals surface area (Å²) in [6.07, 6.45) is 0.771. The lowest BCUT2D eigenvalue weighted by molar-refractivity contribution is 0.111. The molecule has 1 aromatic carbocycles. The molecule has 0 aliphatic rings. The summed E-state index contributed by atoms with van der Waals surface area (Å²) in [5.41, 5.74) is 1.28. The monoisotopic (exact) mass is 262 g/mol. The number of hydrogen-bond donors (Lipinski definition) is 1. The Hall–Kier alpha value is -0.420. The summed E-state index contributed by atoms with van der Waals surface area (Å²) in [5.74, 6) is 0. The molecule has 3 heteroatoms. The highest BCUT2D eigenvalue weighted by atomic mass is 127. The molecule has 0 spiro atoms. The van der Waals surface area contributed by atoms with Gasteiger partial charge in [-0.25, -0.2) is 0 Å². The fourth-order valence-corrected chi connectivity index (χ4v) is 1.53. The highest BCUT2D eigenvalue weighted by Crippen LogP contribution is 2.14. The fraction of sp³-hybridized carbons (Fsp3) is 0.125. The first-order valence-electron chi connectivity index (χ1n) is 3.13. The van der Waals surface area contributed by atoms with E-state index in [4.69, 9.17) is 5.11 Å². The predicted molar refractivity (Wildman–Crippen MR) is 50.5 cm³/mol. The number of aliphatic hydroxyl groups is 1. The van der Waals surface area contributed by atoms with Crippen molar-refractivity contribution < 1.29 is 9.90 Å². The fourth-order valence-electron chi connectivity index (χ4n) is 0.852. The number of hydrogen-bond acceptors (Lipinski definition) is 2. The molecule has 1 rings (SSSR count). The second-order valence-corrected chi connectivity index (χ2v) is 3.25. The number of aliphatic hydroxyl groups excluding tert-OH is 1. The topological polar surface area (TPSA) is 37.3 Å². The van der Waals surface area contributed by atoms with Gasteiger partial charge in [-0.05, 0) is 34.2 Å². The van der Waals surface area contributed by atoms with Crippen LogP contribution in [0, 0.1) is 3.57 Å². The van der Waals surface area contributed by atoms with Crippen LogP contribution in [0.25, 0.3) is 0 Å². The van der Waals surface area contributed by atoms with Gasteiger partial charge in [-0.2, -0.15) is 0 Å². The second-order valence-electron chi connectivity index (χ2n) is 2.09. The molecule has 0 aliphatic carbocycles. The Morgan fingerprint density at radius 3 is 2.73 bits per heavy atom. The highest BCUT2D eigenvalue weighted by Gasteiger charge is 2.02. The van der Waals surface area contributed by atoms with Crippen LogP contribution in [0.3, 0.4) is 0 Å². The third-order valence-electron chi connectivity index (χ3n) is 1.43. The first-order chi connectivity index (χ1) is 5.29. The molecule has 2 nitrogen and oxygen atoms in total. The van der Waals surface area contributed by atoms with Gasteiger partial charge >= 0.3 is 0 Å². The van der Waals surface area contributed by atoms with E-state index in [9.17, 15) is 4.79 Å². The maximum Gasteiger partial charge on any atom is 0.151 e. The quantitative estimate of drug-likeness (QED) is 0.649. The molecule has 0 saturated carbocycles. The summed E-state index contributed by atoms with van der Waals surface area (Å²) < 4.78 is 0.879. The van der Waals surface area contributed by atoms with Crippen molar-refractivity contribution in [2.45, 2.75) is 6.61 Å². The van der Waals surface area contributed by atoms with Crippen LogP contribution in [0.5, 0.6) is 0 Å². The van der Waals surface area contributed by atoms with E-state index in [1.54, 1.807) is 6.07 Å². The lowest BCUT2D eigenvalue weighted by atomic mass is 10.1. The Morgan fingerprint density at radius 1 is 1.55 bits per heavy atom. The number of halogens is 1. The first-order valence-corrected chi connectivity index (χ1v) is 4.21. The Balaban J connectivity index is 3.24. The van der Waals surface area contributed by atoms with Gasteiger partial charge in [-0.1, -0.05) is 12.1 Å². The number of carbonyl (C=O) groups is 1. The molecule has 0 unspecified atom stereocenters. The van der Waals surface area contributed by atoms with E-state index in [1.165, 1.54) is 0 Å². The third kappa shape index (κ3) is 1.78. The molecule has 0 heterocycles. The molecule has 0 radical (unpaired) electrons. The minimum atomic E-state index is -0.0785. The van der Waals surface area contributed by atoms with Crippen LogP contribution >= 0.6 is 22.6 Å². The molecule has 0 atom stereocenters. The van der Waals surface area contributed by atoms with E-state index >= 15 is 0 Å². The van der Waals surface area contributed by atoms with Gasteiger partial charge in [0.1, 0.15) is 0 Å². The summed E-state index contributed by atoms with van der Waals surface area (Å²) in [7, 11) is 0. The molecule has 0 saturated heterocycles. The third-order valence-corrected chi connectivity index (χ3v) is 2.37. The minimum absolute atomic E-state index is 0.0785. The van der Waals surface area contributed by atoms with E-state index in [1.807, 2.05) is 12.1 Å². The summed E-state index contributed by atoms with van der Waals surface area (Å²) >= 11 is 2.07. The zero-order valence-corrected chi connectivity index (χ0v) is 7.91. The zero-order valence-electron chi connectivity index (χ0n) is 5.75. The first kappa shape index (κ1) is 8.67. The van der Waals surface area contributed by atoms with Gasteiger partial charge in [0.25, 0.3) is 0 Å². The molecule has 0 aromatic heterocycles. The molecule has 0 aliphatic heterocycles. The van der Waals surface area contributed by atoms with Gasteiger partial charge < -0.3 is 5.11 Å². The molecule has 0 bridgehead atoms. The van der Waals surface area contributed by atoms with E-state index in [-0.39, 0.29) is 6.61 Å². The maximum absolute atomic E-state index is 10.5. The average Bonchev–Trinajstić information content (AvgIpc) is 2.04. The van der Waals surface area contributed by atoms with Crippen molar-refractivity contribution in [1.82, 2.24) is 0 Å². The van der Waals surface area contributed by atoms with Crippen molar-refractivity contribution in [3.63, 3.8) is 0 Å². The normalized spacial score (nSPS) is 9.64. The van der Waals surface area contributed by atoms with Crippen LogP contribution in [-0.4, -0.2) is 11.4 Å². The van der Waals surface area contributed by atoms with Crippen LogP contribution in [0.1, 0.15) is 15.9 Å². The van der Waals surface area contributed by atoms with E-state index in [0.29, 0.717) is 11.1 Å². The van der Waals surface area contributed by atoms with Crippen molar-refractivity contribution in [1.29, 1.82) is 0 Å². The van der Waals surface area contributed by atoms with Crippen molar-refractivity contribution >= 4 is 28.9 Å². The molecular formula is C8H7IO2. The lowest BCUT2D eigenvalue weighted by Crippen LogP contribution is -1.94. The summed E-state index contributed by atoms with van der Waals surface area (Å²) in [6, 6.07) is 5.40. The van der Waals surface area contributed by atoms with E-state index in [0.717, 1.165) is 9.86 Å². The Labute approximate surface area is 78.4 Å². The van der Waals surface area contributed by atoms with Gasteiger partial charge in [0.05, 0.1) is 6.61 Å². The van der Waals surface area contributed by atoms with Gasteiger partial charge in [0.2, 0.25) is 0 Å². The molecule has 1 N–H and O–H groups in total. The molecule has 1 aromatic rings. The minimum Gasteiger partial charge on any atom is -0.392 e. The molecule has 0 amide bonds. The predicted octanol–water partition coefficient (Wildman–Crippen LogP) is 1.60. The Bertz CT molecular complexity index is 271. The van der Waals surface area contributed by atoms with Crippen LogP contribution in [0.15, 0.2) is 18.2 Å². The van der Waals surface area contributed by atoms with Gasteiger partial charge in [-0.3, -0.25) is 4.79 Å². The van der Waals surface area contributed by atoms with Crippen molar-refractivity contribution in [3.8, 4) is 0 Å². The van der Waals surface area contributed by atoms with Crippen molar-refractivity contribution in [2.75, 3.05) is 0 Å². The van der Waals surface area contributed by atoms with Crippen LogP contribution in [-0.2, 0) is 6.61 Å². The highest BCUT2D eigenvalue weighted by molar-refractivity contribution is 14.1. The van der Waals surface area contributed by atoms with E-state index < -0.39 is 0 Å². The largest absolute Gasteiger partial charge is 0.392 e. The number of aldehydes is 1. The van der Waals surface area contributed by atoms with E-state index in [2.05, 4.69) is 22.6 Å². The number of benzene rings is 1. The second kappa shape index (κ2) is 3.82. The molecule has 0 fully saturated rings. The maximum atomic E-state index is 10.5. The van der Waals surface area contributed by atoms with Crippen molar-refractivity contribution in [3.05, 3.63) is 32.9 Å². The average molecular weight is 262 g/mol. The standard InChI is InChI=1S/C8H7IO2/c9-8-3-1-2-6(4-10)7(8)5-11/h1-3,5,10H,4H2. The number of rotatable bonds is 2. The van der Waals surface area contributed by atoms with Crippen LogP contribution in [0.2, 0.25) is 0 Å². The summed E-state index contributed by atoms with van der Waals surface area (Å²) in [4.78, 5) is 10.5. The van der Waals surface area contributed by atoms with Crippen LogP contribution in [0.4, 0.5) is 0 Å². The zero-order chi connectivity index (χ0) is 8.27. The molecular weight excluding hydrogens is 255 g/mol. The van der Waals surface area contributed by atoms with Crippen LogP contribution < -0.4 is 0 Å². The molecule has 58 valence electrons. The SMILES string of the molecule is O=Cc1c(I)cccc1CO.